The molecule has 2 aliphatic carbocycles. The molecule has 6 atom stereocenters. The number of amides is 4. The normalized spacial score (nSPS) is 31.4. The number of fused-ring (bicyclic) bond motifs is 4. The Morgan fingerprint density at radius 2 is 1.53 bits per heavy atom. The van der Waals surface area contributed by atoms with Gasteiger partial charge in [0.25, 0.3) is 0 Å². The molecule has 0 bridgehead atoms. The summed E-state index contributed by atoms with van der Waals surface area (Å²) in [7, 11) is 1.46. The molecule has 2 saturated heterocycles. The van der Waals surface area contributed by atoms with Crippen LogP contribution in [0.15, 0.2) is 28.3 Å². The van der Waals surface area contributed by atoms with Gasteiger partial charge < -0.3 is 9.84 Å². The number of carbonyl (C=O) groups is 4. The van der Waals surface area contributed by atoms with Crippen molar-refractivity contribution < 1.29 is 29.0 Å². The van der Waals surface area contributed by atoms with E-state index in [2.05, 4.69) is 15.9 Å². The van der Waals surface area contributed by atoms with Gasteiger partial charge in [0.15, 0.2) is 11.5 Å². The standard InChI is InChI=1S/C27H31BrN2O6/c1-4-8-29-24(32)15-7-6-14-16(21(15)26(29)34)12-18-22(27(35)30(9-5-2)25(18)33)20(14)17-10-13(28)11-19(36-3)23(17)31/h6,10-11,15-16,18,20-22,31H,4-5,7-9,12H2,1-3H3. The van der Waals surface area contributed by atoms with Crippen LogP contribution >= 0.6 is 15.9 Å². The molecule has 1 aromatic rings. The summed E-state index contributed by atoms with van der Waals surface area (Å²) in [5.41, 5.74) is 1.36. The van der Waals surface area contributed by atoms with Gasteiger partial charge in [-0.1, -0.05) is 41.4 Å². The second kappa shape index (κ2) is 9.32. The second-order valence-corrected chi connectivity index (χ2v) is 11.1. The lowest BCUT2D eigenvalue weighted by molar-refractivity contribution is -0.142. The first kappa shape index (κ1) is 25.0. The van der Waals surface area contributed by atoms with Gasteiger partial charge in [0.2, 0.25) is 23.6 Å². The summed E-state index contributed by atoms with van der Waals surface area (Å²) in [4.78, 5) is 56.5. The van der Waals surface area contributed by atoms with Crippen LogP contribution in [-0.4, -0.2) is 58.7 Å². The molecule has 192 valence electrons. The number of methoxy groups -OCH3 is 1. The molecule has 2 aliphatic heterocycles. The van der Waals surface area contributed by atoms with Crippen molar-refractivity contribution in [1.29, 1.82) is 0 Å². The molecular formula is C27H31BrN2O6. The second-order valence-electron chi connectivity index (χ2n) is 10.2. The lowest BCUT2D eigenvalue weighted by atomic mass is 9.57. The van der Waals surface area contributed by atoms with E-state index in [1.54, 1.807) is 12.1 Å². The van der Waals surface area contributed by atoms with E-state index < -0.39 is 29.6 Å². The Balaban J connectivity index is 1.67. The number of carbonyl (C=O) groups excluding carboxylic acids is 4. The smallest absolute Gasteiger partial charge is 0.234 e. The number of hydrogen-bond acceptors (Lipinski definition) is 6. The monoisotopic (exact) mass is 558 g/mol. The molecule has 8 nitrogen and oxygen atoms in total. The van der Waals surface area contributed by atoms with Crippen LogP contribution in [0, 0.1) is 29.6 Å². The molecule has 1 saturated carbocycles. The van der Waals surface area contributed by atoms with Crippen molar-refractivity contribution in [3.05, 3.63) is 33.8 Å². The summed E-state index contributed by atoms with van der Waals surface area (Å²) in [5.74, 6) is -3.83. The highest BCUT2D eigenvalue weighted by molar-refractivity contribution is 9.10. The molecule has 4 amide bonds. The zero-order valence-corrected chi connectivity index (χ0v) is 22.3. The number of ether oxygens (including phenoxy) is 1. The summed E-state index contributed by atoms with van der Waals surface area (Å²) in [6.07, 6.45) is 4.07. The van der Waals surface area contributed by atoms with E-state index >= 15 is 0 Å². The van der Waals surface area contributed by atoms with Gasteiger partial charge in [-0.3, -0.25) is 29.0 Å². The van der Waals surface area contributed by atoms with Gasteiger partial charge in [0.05, 0.1) is 30.8 Å². The number of phenols is 1. The predicted molar refractivity (Wildman–Crippen MR) is 134 cm³/mol. The molecule has 6 unspecified atom stereocenters. The van der Waals surface area contributed by atoms with Crippen molar-refractivity contribution in [2.75, 3.05) is 20.2 Å². The van der Waals surface area contributed by atoms with E-state index in [1.807, 2.05) is 19.9 Å². The van der Waals surface area contributed by atoms with Crippen LogP contribution in [0.5, 0.6) is 11.5 Å². The summed E-state index contributed by atoms with van der Waals surface area (Å²) in [6, 6.07) is 3.41. The van der Waals surface area contributed by atoms with Crippen LogP contribution < -0.4 is 4.74 Å². The molecule has 0 aromatic heterocycles. The highest BCUT2D eigenvalue weighted by atomic mass is 79.9. The maximum Gasteiger partial charge on any atom is 0.234 e. The molecular weight excluding hydrogens is 528 g/mol. The molecule has 5 rings (SSSR count). The van der Waals surface area contributed by atoms with Gasteiger partial charge in [0.1, 0.15) is 0 Å². The van der Waals surface area contributed by atoms with Crippen molar-refractivity contribution in [3.63, 3.8) is 0 Å². The minimum Gasteiger partial charge on any atom is -0.504 e. The number of rotatable bonds is 6. The van der Waals surface area contributed by atoms with Crippen LogP contribution in [0.1, 0.15) is 51.0 Å². The number of allylic oxidation sites excluding steroid dienone is 2. The number of hydrogen-bond donors (Lipinski definition) is 1. The zero-order valence-electron chi connectivity index (χ0n) is 20.7. The van der Waals surface area contributed by atoms with Crippen LogP contribution in [0.4, 0.5) is 0 Å². The summed E-state index contributed by atoms with van der Waals surface area (Å²) in [5, 5.41) is 11.2. The molecule has 1 aromatic carbocycles. The third-order valence-electron chi connectivity index (χ3n) is 8.35. The minimum absolute atomic E-state index is 0.0799. The highest BCUT2D eigenvalue weighted by Crippen LogP contribution is 2.59. The number of nitrogens with zero attached hydrogens (tertiary/aromatic N) is 2. The van der Waals surface area contributed by atoms with Gasteiger partial charge in [-0.05, 0) is 43.7 Å². The SMILES string of the molecule is CCCN1C(=O)C2CC=C3C(CC4C(=O)N(CCC)C(=O)C4C3c3cc(Br)cc(OC)c3O)C2C1=O. The lowest BCUT2D eigenvalue weighted by Crippen LogP contribution is -2.43. The average molecular weight is 559 g/mol. The molecule has 2 heterocycles. The molecule has 4 aliphatic rings. The number of halogens is 1. The van der Waals surface area contributed by atoms with E-state index in [0.717, 1.165) is 5.57 Å². The first-order chi connectivity index (χ1) is 17.2. The molecule has 9 heteroatoms. The van der Waals surface area contributed by atoms with Crippen LogP contribution in [0.2, 0.25) is 0 Å². The molecule has 0 radical (unpaired) electrons. The minimum atomic E-state index is -0.674. The van der Waals surface area contributed by atoms with Crippen molar-refractivity contribution in [2.45, 2.75) is 45.4 Å². The fraction of sp³-hybridized carbons (Fsp3) is 0.556. The Bertz CT molecular complexity index is 1180. The fourth-order valence-electron chi connectivity index (χ4n) is 6.94. The van der Waals surface area contributed by atoms with Crippen molar-refractivity contribution in [2.24, 2.45) is 29.6 Å². The molecule has 0 spiro atoms. The number of phenolic OH excluding ortho intramolecular Hbond substituents is 1. The van der Waals surface area contributed by atoms with Gasteiger partial charge in [-0.25, -0.2) is 0 Å². The van der Waals surface area contributed by atoms with E-state index in [9.17, 15) is 24.3 Å². The molecule has 36 heavy (non-hydrogen) atoms. The van der Waals surface area contributed by atoms with Gasteiger partial charge in [-0.2, -0.15) is 0 Å². The maximum absolute atomic E-state index is 13.7. The van der Waals surface area contributed by atoms with Crippen LogP contribution in [-0.2, 0) is 19.2 Å². The first-order valence-electron chi connectivity index (χ1n) is 12.7. The molecule has 3 fully saturated rings. The Labute approximate surface area is 218 Å². The van der Waals surface area contributed by atoms with E-state index in [0.29, 0.717) is 48.8 Å². The first-order valence-corrected chi connectivity index (χ1v) is 13.5. The molecule has 1 N–H and O–H groups in total. The number of benzene rings is 1. The number of aromatic hydroxyl groups is 1. The largest absolute Gasteiger partial charge is 0.504 e. The van der Waals surface area contributed by atoms with E-state index in [4.69, 9.17) is 4.74 Å². The number of imide groups is 2. The van der Waals surface area contributed by atoms with Crippen molar-refractivity contribution in [1.82, 2.24) is 9.80 Å². The Morgan fingerprint density at radius 1 is 0.917 bits per heavy atom. The maximum atomic E-state index is 13.7. The van der Waals surface area contributed by atoms with Crippen LogP contribution in [0.25, 0.3) is 0 Å². The fourth-order valence-corrected chi connectivity index (χ4v) is 7.40. The Kier molecular flexibility index (Phi) is 6.47. The quantitative estimate of drug-likeness (QED) is 0.422. The van der Waals surface area contributed by atoms with E-state index in [-0.39, 0.29) is 41.0 Å². The highest BCUT2D eigenvalue weighted by Gasteiger charge is 2.62. The summed E-state index contributed by atoms with van der Waals surface area (Å²) >= 11 is 3.49. The summed E-state index contributed by atoms with van der Waals surface area (Å²) in [6.45, 7) is 4.57. The van der Waals surface area contributed by atoms with Gasteiger partial charge >= 0.3 is 0 Å². The van der Waals surface area contributed by atoms with Gasteiger partial charge in [0, 0.05) is 29.0 Å². The van der Waals surface area contributed by atoms with Crippen molar-refractivity contribution >= 4 is 39.6 Å². The van der Waals surface area contributed by atoms with Gasteiger partial charge in [-0.15, -0.1) is 0 Å². The Hall–Kier alpha value is -2.68. The Morgan fingerprint density at radius 3 is 2.14 bits per heavy atom. The number of likely N-dealkylation sites (tertiary alicyclic amines) is 2. The lowest BCUT2D eigenvalue weighted by Gasteiger charge is -2.44. The average Bonchev–Trinajstić information content (AvgIpc) is 3.24. The third-order valence-corrected chi connectivity index (χ3v) is 8.81. The topological polar surface area (TPSA) is 104 Å². The van der Waals surface area contributed by atoms with Crippen LogP contribution in [0.3, 0.4) is 0 Å². The van der Waals surface area contributed by atoms with Crippen molar-refractivity contribution in [3.8, 4) is 11.5 Å². The summed E-state index contributed by atoms with van der Waals surface area (Å²) < 4.78 is 6.06. The van der Waals surface area contributed by atoms with E-state index in [1.165, 1.54) is 16.9 Å². The predicted octanol–water partition coefficient (Wildman–Crippen LogP) is 3.62. The third kappa shape index (κ3) is 3.53. The zero-order chi connectivity index (χ0) is 25.9.